The molecular weight excluding hydrogens is 490 g/mol. The summed E-state index contributed by atoms with van der Waals surface area (Å²) in [6.07, 6.45) is 3.45. The fraction of sp³-hybridized carbons (Fsp3) is 0.208. The Kier molecular flexibility index (Phi) is 6.23. The zero-order chi connectivity index (χ0) is 24.5. The third-order valence-corrected chi connectivity index (χ3v) is 7.23. The number of nitrogens with one attached hydrogen (secondary N) is 1. The van der Waals surface area contributed by atoms with Crippen molar-refractivity contribution < 1.29 is 19.2 Å². The number of rotatable bonds is 5. The predicted molar refractivity (Wildman–Crippen MR) is 132 cm³/mol. The molecule has 3 aromatic rings. The Bertz CT molecular complexity index is 1320. The maximum atomic E-state index is 13.2. The first-order valence-electron chi connectivity index (χ1n) is 10.9. The average molecular weight is 510 g/mol. The highest BCUT2D eigenvalue weighted by molar-refractivity contribution is 7.18. The molecule has 0 atom stereocenters. The van der Waals surface area contributed by atoms with E-state index in [0.29, 0.717) is 35.4 Å². The summed E-state index contributed by atoms with van der Waals surface area (Å²) in [5.41, 5.74) is 1.50. The maximum Gasteiger partial charge on any atom is 0.265 e. The van der Waals surface area contributed by atoms with Crippen LogP contribution in [-0.2, 0) is 4.79 Å². The summed E-state index contributed by atoms with van der Waals surface area (Å²) in [5, 5.41) is 2.69. The van der Waals surface area contributed by atoms with E-state index in [9.17, 15) is 19.2 Å². The van der Waals surface area contributed by atoms with E-state index < -0.39 is 17.7 Å². The van der Waals surface area contributed by atoms with Crippen LogP contribution in [0.25, 0.3) is 0 Å². The van der Waals surface area contributed by atoms with Crippen molar-refractivity contribution in [2.45, 2.75) is 0 Å². The van der Waals surface area contributed by atoms with Crippen molar-refractivity contribution in [1.29, 1.82) is 0 Å². The minimum Gasteiger partial charge on any atom is -0.368 e. The molecule has 0 saturated carbocycles. The molecule has 35 heavy (non-hydrogen) atoms. The van der Waals surface area contributed by atoms with Crippen LogP contribution in [-0.4, -0.2) is 71.1 Å². The van der Waals surface area contributed by atoms with Crippen LogP contribution in [0, 0.1) is 0 Å². The van der Waals surface area contributed by atoms with E-state index in [1.807, 2.05) is 12.1 Å². The molecule has 1 fully saturated rings. The van der Waals surface area contributed by atoms with Gasteiger partial charge in [-0.1, -0.05) is 17.7 Å². The van der Waals surface area contributed by atoms with Crippen LogP contribution in [0.5, 0.6) is 0 Å². The second-order valence-corrected chi connectivity index (χ2v) is 9.77. The molecule has 11 heteroatoms. The number of nitrogens with zero attached hydrogens (tertiary/aromatic N) is 4. The molecule has 5 rings (SSSR count). The quantitative estimate of drug-likeness (QED) is 0.530. The molecule has 4 heterocycles. The Balaban J connectivity index is 1.26. The van der Waals surface area contributed by atoms with E-state index in [4.69, 9.17) is 11.6 Å². The van der Waals surface area contributed by atoms with Crippen LogP contribution in [0.1, 0.15) is 30.4 Å². The first-order valence-corrected chi connectivity index (χ1v) is 12.1. The summed E-state index contributed by atoms with van der Waals surface area (Å²) < 4.78 is 0.464. The highest BCUT2D eigenvalue weighted by Crippen LogP contribution is 2.31. The molecule has 0 unspecified atom stereocenters. The van der Waals surface area contributed by atoms with Gasteiger partial charge in [0.1, 0.15) is 6.54 Å². The molecule has 1 aromatic carbocycles. The zero-order valence-electron chi connectivity index (χ0n) is 18.4. The van der Waals surface area contributed by atoms with Gasteiger partial charge in [0.15, 0.2) is 0 Å². The molecule has 0 radical (unpaired) electrons. The lowest BCUT2D eigenvalue weighted by atomic mass is 10.1. The van der Waals surface area contributed by atoms with Crippen molar-refractivity contribution in [1.82, 2.24) is 14.8 Å². The van der Waals surface area contributed by atoms with E-state index in [1.54, 1.807) is 41.6 Å². The Hall–Kier alpha value is -3.76. The molecule has 1 saturated heterocycles. The van der Waals surface area contributed by atoms with Crippen LogP contribution in [0.15, 0.2) is 54.9 Å². The van der Waals surface area contributed by atoms with Crippen molar-refractivity contribution >= 4 is 57.9 Å². The van der Waals surface area contributed by atoms with Gasteiger partial charge < -0.3 is 15.1 Å². The number of carbonyl (C=O) groups is 4. The largest absolute Gasteiger partial charge is 0.368 e. The van der Waals surface area contributed by atoms with E-state index in [1.165, 1.54) is 6.07 Å². The normalized spacial score (nSPS) is 15.4. The number of amides is 4. The number of anilines is 2. The monoisotopic (exact) mass is 509 g/mol. The highest BCUT2D eigenvalue weighted by atomic mass is 35.5. The van der Waals surface area contributed by atoms with Crippen molar-refractivity contribution in [3.63, 3.8) is 0 Å². The molecule has 178 valence electrons. The van der Waals surface area contributed by atoms with Gasteiger partial charge in [0.25, 0.3) is 17.7 Å². The summed E-state index contributed by atoms with van der Waals surface area (Å²) in [7, 11) is 0. The highest BCUT2D eigenvalue weighted by Gasteiger charge is 2.39. The van der Waals surface area contributed by atoms with Crippen LogP contribution in [0.4, 0.5) is 11.4 Å². The number of aromatic nitrogens is 1. The second kappa shape index (κ2) is 9.47. The van der Waals surface area contributed by atoms with Gasteiger partial charge in [0.2, 0.25) is 5.91 Å². The van der Waals surface area contributed by atoms with Gasteiger partial charge in [-0.2, -0.15) is 0 Å². The van der Waals surface area contributed by atoms with Crippen LogP contribution < -0.4 is 10.2 Å². The molecule has 2 aliphatic rings. The van der Waals surface area contributed by atoms with Gasteiger partial charge in [-0.25, -0.2) is 0 Å². The number of hydrogen-bond acceptors (Lipinski definition) is 7. The van der Waals surface area contributed by atoms with Crippen LogP contribution in [0.3, 0.4) is 0 Å². The number of pyridine rings is 1. The Morgan fingerprint density at radius 3 is 2.40 bits per heavy atom. The third kappa shape index (κ3) is 4.50. The fourth-order valence-electron chi connectivity index (χ4n) is 4.21. The number of carbonyl (C=O) groups excluding carboxylic acids is 4. The summed E-state index contributed by atoms with van der Waals surface area (Å²) in [4.78, 5) is 60.8. The van der Waals surface area contributed by atoms with E-state index in [2.05, 4.69) is 15.2 Å². The maximum absolute atomic E-state index is 13.2. The van der Waals surface area contributed by atoms with Crippen molar-refractivity contribution in [2.75, 3.05) is 42.9 Å². The molecule has 2 aromatic heterocycles. The van der Waals surface area contributed by atoms with E-state index in [0.717, 1.165) is 21.9 Å². The number of piperazine rings is 1. The zero-order valence-corrected chi connectivity index (χ0v) is 20.0. The van der Waals surface area contributed by atoms with Gasteiger partial charge in [-0.05, 0) is 36.4 Å². The molecule has 1 N–H and O–H groups in total. The van der Waals surface area contributed by atoms with Gasteiger partial charge in [0, 0.05) is 44.3 Å². The summed E-state index contributed by atoms with van der Waals surface area (Å²) in [6.45, 7) is 1.89. The van der Waals surface area contributed by atoms with Crippen LogP contribution >= 0.6 is 22.9 Å². The molecule has 0 bridgehead atoms. The van der Waals surface area contributed by atoms with Crippen molar-refractivity contribution in [3.05, 3.63) is 75.2 Å². The molecule has 4 amide bonds. The fourth-order valence-corrected chi connectivity index (χ4v) is 5.14. The smallest absolute Gasteiger partial charge is 0.265 e. The second-order valence-electron chi connectivity index (χ2n) is 8.06. The van der Waals surface area contributed by atoms with Crippen molar-refractivity contribution in [2.24, 2.45) is 0 Å². The lowest BCUT2D eigenvalue weighted by molar-refractivity contribution is -0.131. The Morgan fingerprint density at radius 1 is 0.971 bits per heavy atom. The summed E-state index contributed by atoms with van der Waals surface area (Å²) in [6, 6.07) is 11.7. The minimum absolute atomic E-state index is 0.0869. The lowest BCUT2D eigenvalue weighted by Crippen LogP contribution is -2.51. The van der Waals surface area contributed by atoms with Gasteiger partial charge in [-0.3, -0.25) is 29.1 Å². The topological polar surface area (TPSA) is 103 Å². The van der Waals surface area contributed by atoms with Gasteiger partial charge >= 0.3 is 0 Å². The minimum atomic E-state index is -0.603. The molecular formula is C24H20ClN5O4S. The third-order valence-electron chi connectivity index (χ3n) is 6.00. The summed E-state index contributed by atoms with van der Waals surface area (Å²) in [5.74, 6) is -1.89. The Labute approximate surface area is 209 Å². The van der Waals surface area contributed by atoms with Crippen LogP contribution in [0.2, 0.25) is 4.34 Å². The molecule has 2 aliphatic heterocycles. The summed E-state index contributed by atoms with van der Waals surface area (Å²) >= 11 is 7.01. The standard InChI is InChI=1S/C24H20ClN5O4S/c25-19-5-4-18(35-19)22(32)27-17-3-1-2-16-21(17)24(34)30(23(16)33)14-20(31)29-12-10-28(11-13-29)15-6-8-26-9-7-15/h1-9H,10-14H2,(H,27,32). The average Bonchev–Trinajstić information content (AvgIpc) is 3.42. The number of thiophene rings is 1. The first kappa shape index (κ1) is 23.0. The number of fused-ring (bicyclic) bond motifs is 1. The van der Waals surface area contributed by atoms with Crippen molar-refractivity contribution in [3.8, 4) is 0 Å². The molecule has 9 nitrogen and oxygen atoms in total. The first-order chi connectivity index (χ1) is 16.9. The molecule has 0 aliphatic carbocycles. The van der Waals surface area contributed by atoms with Gasteiger partial charge in [0.05, 0.1) is 26.0 Å². The number of halogens is 1. The Morgan fingerprint density at radius 2 is 1.71 bits per heavy atom. The number of benzene rings is 1. The number of imide groups is 1. The lowest BCUT2D eigenvalue weighted by Gasteiger charge is -2.36. The van der Waals surface area contributed by atoms with E-state index in [-0.39, 0.29) is 29.3 Å². The molecule has 0 spiro atoms. The SMILES string of the molecule is O=C(Nc1cccc2c1C(=O)N(CC(=O)N1CCN(c3ccncc3)CC1)C2=O)c1ccc(Cl)s1. The predicted octanol–water partition coefficient (Wildman–Crippen LogP) is 2.99. The number of hydrogen-bond donors (Lipinski definition) is 1. The van der Waals surface area contributed by atoms with E-state index >= 15 is 0 Å². The van der Waals surface area contributed by atoms with Gasteiger partial charge in [-0.15, -0.1) is 11.3 Å².